The molecule has 7 heteroatoms. The number of aromatic nitrogens is 3. The molecule has 0 aliphatic rings. The van der Waals surface area contributed by atoms with Gasteiger partial charge in [0.25, 0.3) is 5.56 Å². The maximum atomic E-state index is 11.6. The lowest BCUT2D eigenvalue weighted by molar-refractivity contribution is 0.224. The second-order valence-electron chi connectivity index (χ2n) is 3.14. The van der Waals surface area contributed by atoms with Crippen LogP contribution in [-0.2, 0) is 6.73 Å². The van der Waals surface area contributed by atoms with Gasteiger partial charge in [-0.15, -0.1) is 0 Å². The Labute approximate surface area is 104 Å². The predicted molar refractivity (Wildman–Crippen MR) is 63.9 cm³/mol. The summed E-state index contributed by atoms with van der Waals surface area (Å²) >= 11 is 2.94. The summed E-state index contributed by atoms with van der Waals surface area (Å²) in [5.74, 6) is 0.576. The van der Waals surface area contributed by atoms with E-state index < -0.39 is 11.2 Å². The summed E-state index contributed by atoms with van der Waals surface area (Å²) in [6, 6.07) is 8.90. The van der Waals surface area contributed by atoms with Gasteiger partial charge in [-0.2, -0.15) is 5.10 Å². The van der Waals surface area contributed by atoms with Gasteiger partial charge in [0.2, 0.25) is 0 Å². The van der Waals surface area contributed by atoms with Gasteiger partial charge < -0.3 is 4.74 Å². The Kier molecular flexibility index (Phi) is 3.38. The second kappa shape index (κ2) is 4.96. The zero-order chi connectivity index (χ0) is 12.3. The van der Waals surface area contributed by atoms with Gasteiger partial charge in [0.05, 0.1) is 0 Å². The molecule has 0 atom stereocenters. The first-order valence-corrected chi connectivity index (χ1v) is 5.50. The van der Waals surface area contributed by atoms with Crippen molar-refractivity contribution in [3.05, 3.63) is 55.8 Å². The summed E-state index contributed by atoms with van der Waals surface area (Å²) in [4.78, 5) is 22.9. The van der Waals surface area contributed by atoms with Crippen molar-refractivity contribution < 1.29 is 4.74 Å². The molecule has 6 nitrogen and oxygen atoms in total. The van der Waals surface area contributed by atoms with E-state index in [1.54, 1.807) is 24.3 Å². The molecule has 0 spiro atoms. The molecule has 1 aromatic heterocycles. The third-order valence-electron chi connectivity index (χ3n) is 2.02. The van der Waals surface area contributed by atoms with E-state index in [9.17, 15) is 9.59 Å². The van der Waals surface area contributed by atoms with E-state index in [0.29, 0.717) is 5.75 Å². The molecule has 0 unspecified atom stereocenters. The number of hydrogen-bond donors (Lipinski definition) is 1. The highest BCUT2D eigenvalue weighted by Gasteiger charge is 2.06. The second-order valence-corrected chi connectivity index (χ2v) is 3.89. The zero-order valence-corrected chi connectivity index (χ0v) is 10.2. The average Bonchev–Trinajstić information content (AvgIpc) is 2.35. The minimum atomic E-state index is -0.617. The number of ether oxygens (including phenoxy) is 1. The van der Waals surface area contributed by atoms with Gasteiger partial charge in [0, 0.05) is 0 Å². The Bertz CT molecular complexity index is 621. The SMILES string of the molecule is O=c1[nH]nc(Br)c(=O)n1COc1ccccc1. The fourth-order valence-corrected chi connectivity index (χ4v) is 1.48. The molecule has 0 radical (unpaired) electrons. The van der Waals surface area contributed by atoms with Crippen LogP contribution < -0.4 is 16.0 Å². The van der Waals surface area contributed by atoms with Crippen molar-refractivity contribution in [2.75, 3.05) is 0 Å². The molecule has 1 heterocycles. The van der Waals surface area contributed by atoms with E-state index in [1.807, 2.05) is 6.07 Å². The predicted octanol–water partition coefficient (Wildman–Crippen LogP) is 0.731. The van der Waals surface area contributed by atoms with Crippen molar-refractivity contribution in [2.24, 2.45) is 0 Å². The Morgan fingerprint density at radius 1 is 1.29 bits per heavy atom. The highest BCUT2D eigenvalue weighted by Crippen LogP contribution is 2.08. The molecule has 2 aromatic rings. The zero-order valence-electron chi connectivity index (χ0n) is 8.59. The molecule has 1 N–H and O–H groups in total. The van der Waals surface area contributed by atoms with Crippen LogP contribution in [0.2, 0.25) is 0 Å². The van der Waals surface area contributed by atoms with E-state index >= 15 is 0 Å². The lowest BCUT2D eigenvalue weighted by Crippen LogP contribution is -2.37. The molecule has 88 valence electrons. The molecule has 0 aliphatic heterocycles. The van der Waals surface area contributed by atoms with E-state index in [1.165, 1.54) is 0 Å². The Morgan fingerprint density at radius 3 is 2.71 bits per heavy atom. The smallest absolute Gasteiger partial charge is 0.347 e. The first-order chi connectivity index (χ1) is 8.18. The number of aromatic amines is 1. The van der Waals surface area contributed by atoms with Gasteiger partial charge in [-0.05, 0) is 28.1 Å². The van der Waals surface area contributed by atoms with Crippen LogP contribution >= 0.6 is 15.9 Å². The summed E-state index contributed by atoms with van der Waals surface area (Å²) in [5.41, 5.74) is -1.15. The number of H-pyrrole nitrogens is 1. The average molecular weight is 298 g/mol. The van der Waals surface area contributed by atoms with E-state index in [2.05, 4.69) is 26.1 Å². The third kappa shape index (κ3) is 2.62. The minimum Gasteiger partial charge on any atom is -0.472 e. The van der Waals surface area contributed by atoms with Crippen molar-refractivity contribution in [1.82, 2.24) is 14.8 Å². The maximum Gasteiger partial charge on any atom is 0.347 e. The number of nitrogens with zero attached hydrogens (tertiary/aromatic N) is 2. The molecular formula is C10H8BrN3O3. The third-order valence-corrected chi connectivity index (χ3v) is 2.54. The summed E-state index contributed by atoms with van der Waals surface area (Å²) in [6.45, 7) is -0.167. The number of halogens is 1. The molecular weight excluding hydrogens is 290 g/mol. The molecule has 17 heavy (non-hydrogen) atoms. The van der Waals surface area contributed by atoms with Crippen LogP contribution in [0, 0.1) is 0 Å². The Morgan fingerprint density at radius 2 is 2.00 bits per heavy atom. The largest absolute Gasteiger partial charge is 0.472 e. The summed E-state index contributed by atoms with van der Waals surface area (Å²) in [7, 11) is 0. The first-order valence-electron chi connectivity index (χ1n) is 4.71. The van der Waals surface area contributed by atoms with Crippen LogP contribution in [0.3, 0.4) is 0 Å². The van der Waals surface area contributed by atoms with Crippen LogP contribution in [0.25, 0.3) is 0 Å². The summed E-state index contributed by atoms with van der Waals surface area (Å²) in [5, 5.41) is 5.66. The monoisotopic (exact) mass is 297 g/mol. The van der Waals surface area contributed by atoms with E-state index in [4.69, 9.17) is 4.74 Å². The molecule has 0 amide bonds. The summed E-state index contributed by atoms with van der Waals surface area (Å²) in [6.07, 6.45) is 0. The molecule has 0 saturated carbocycles. The minimum absolute atomic E-state index is 0.0359. The standard InChI is InChI=1S/C10H8BrN3O3/c11-8-9(15)14(10(16)13-12-8)6-17-7-4-2-1-3-5-7/h1-5H,6H2,(H,13,16). The quantitative estimate of drug-likeness (QED) is 0.906. The lowest BCUT2D eigenvalue weighted by Gasteiger charge is -2.06. The summed E-state index contributed by atoms with van der Waals surface area (Å²) < 4.78 is 6.25. The normalized spacial score (nSPS) is 10.2. The van der Waals surface area contributed by atoms with Crippen LogP contribution in [-0.4, -0.2) is 14.8 Å². The maximum absolute atomic E-state index is 11.6. The van der Waals surface area contributed by atoms with Crippen molar-refractivity contribution in [2.45, 2.75) is 6.73 Å². The molecule has 2 rings (SSSR count). The lowest BCUT2D eigenvalue weighted by atomic mass is 10.3. The van der Waals surface area contributed by atoms with Crippen molar-refractivity contribution in [1.29, 1.82) is 0 Å². The van der Waals surface area contributed by atoms with Crippen molar-refractivity contribution in [3.8, 4) is 5.75 Å². The van der Waals surface area contributed by atoms with Crippen LogP contribution in [0.4, 0.5) is 0 Å². The Hall–Kier alpha value is -1.89. The first kappa shape index (κ1) is 11.6. The van der Waals surface area contributed by atoms with Gasteiger partial charge in [0.1, 0.15) is 5.75 Å². The van der Waals surface area contributed by atoms with Crippen molar-refractivity contribution >= 4 is 15.9 Å². The van der Waals surface area contributed by atoms with Crippen LogP contribution in [0.15, 0.2) is 44.5 Å². The topological polar surface area (TPSA) is 77.0 Å². The number of nitrogens with one attached hydrogen (secondary N) is 1. The number of rotatable bonds is 3. The van der Waals surface area contributed by atoms with Gasteiger partial charge in [-0.3, -0.25) is 4.79 Å². The molecule has 0 aliphatic carbocycles. The molecule has 1 aromatic carbocycles. The molecule has 0 fully saturated rings. The van der Waals surface area contributed by atoms with Gasteiger partial charge in [0.15, 0.2) is 11.3 Å². The molecule has 0 saturated heterocycles. The van der Waals surface area contributed by atoms with Crippen LogP contribution in [0.5, 0.6) is 5.75 Å². The number of benzene rings is 1. The highest BCUT2D eigenvalue weighted by atomic mass is 79.9. The van der Waals surface area contributed by atoms with E-state index in [0.717, 1.165) is 4.57 Å². The molecule has 0 bridgehead atoms. The van der Waals surface area contributed by atoms with E-state index in [-0.39, 0.29) is 11.3 Å². The Balaban J connectivity index is 2.23. The highest BCUT2D eigenvalue weighted by molar-refractivity contribution is 9.10. The number of hydrogen-bond acceptors (Lipinski definition) is 4. The van der Waals surface area contributed by atoms with Gasteiger partial charge >= 0.3 is 5.69 Å². The van der Waals surface area contributed by atoms with Gasteiger partial charge in [-0.1, -0.05) is 18.2 Å². The van der Waals surface area contributed by atoms with Crippen LogP contribution in [0.1, 0.15) is 0 Å². The van der Waals surface area contributed by atoms with Gasteiger partial charge in [-0.25, -0.2) is 14.5 Å². The fourth-order valence-electron chi connectivity index (χ4n) is 1.18. The number of para-hydroxylation sites is 1. The fraction of sp³-hybridized carbons (Fsp3) is 0.100. The van der Waals surface area contributed by atoms with Crippen molar-refractivity contribution in [3.63, 3.8) is 0 Å².